The van der Waals surface area contributed by atoms with E-state index >= 15 is 0 Å². The van der Waals surface area contributed by atoms with Crippen LogP contribution >= 0.6 is 11.8 Å². The third-order valence-corrected chi connectivity index (χ3v) is 6.58. The summed E-state index contributed by atoms with van der Waals surface area (Å²) in [7, 11) is 0. The fourth-order valence-electron chi connectivity index (χ4n) is 3.83. The van der Waals surface area contributed by atoms with Crippen LogP contribution in [0, 0.1) is 0 Å². The molecule has 2 aromatic heterocycles. The Morgan fingerprint density at radius 2 is 1.90 bits per heavy atom. The number of furan rings is 1. The molecule has 1 aliphatic carbocycles. The fourth-order valence-corrected chi connectivity index (χ4v) is 4.69. The average Bonchev–Trinajstić information content (AvgIpc) is 3.34. The van der Waals surface area contributed by atoms with Crippen LogP contribution in [0.25, 0.3) is 11.4 Å². The van der Waals surface area contributed by atoms with E-state index < -0.39 is 0 Å². The van der Waals surface area contributed by atoms with E-state index in [0.29, 0.717) is 17.7 Å². The lowest BCUT2D eigenvalue weighted by molar-refractivity contribution is -0.121. The van der Waals surface area contributed by atoms with Crippen LogP contribution in [-0.4, -0.2) is 32.0 Å². The van der Waals surface area contributed by atoms with E-state index in [1.807, 2.05) is 54.0 Å². The minimum Gasteiger partial charge on any atom is -0.467 e. The van der Waals surface area contributed by atoms with Crippen LogP contribution in [0.4, 0.5) is 0 Å². The van der Waals surface area contributed by atoms with Gasteiger partial charge in [-0.3, -0.25) is 9.36 Å². The number of nitrogens with one attached hydrogen (secondary N) is 1. The zero-order chi connectivity index (χ0) is 20.8. The summed E-state index contributed by atoms with van der Waals surface area (Å²) in [5.41, 5.74) is 0.985. The Kier molecular flexibility index (Phi) is 6.89. The van der Waals surface area contributed by atoms with Gasteiger partial charge in [0.2, 0.25) is 5.91 Å². The fraction of sp³-hybridized carbons (Fsp3) is 0.435. The Morgan fingerprint density at radius 3 is 2.60 bits per heavy atom. The van der Waals surface area contributed by atoms with Gasteiger partial charge in [-0.25, -0.2) is 0 Å². The molecule has 1 N–H and O–H groups in total. The van der Waals surface area contributed by atoms with Gasteiger partial charge in [0.25, 0.3) is 0 Å². The molecule has 0 saturated heterocycles. The van der Waals surface area contributed by atoms with Gasteiger partial charge < -0.3 is 9.73 Å². The molecule has 1 saturated carbocycles. The summed E-state index contributed by atoms with van der Waals surface area (Å²) >= 11 is 1.45. The van der Waals surface area contributed by atoms with Gasteiger partial charge in [0.15, 0.2) is 11.0 Å². The highest BCUT2D eigenvalue weighted by atomic mass is 32.2. The molecule has 1 fully saturated rings. The second kappa shape index (κ2) is 9.98. The molecule has 0 spiro atoms. The van der Waals surface area contributed by atoms with Crippen molar-refractivity contribution in [3.05, 3.63) is 54.5 Å². The maximum absolute atomic E-state index is 12.8. The van der Waals surface area contributed by atoms with E-state index in [2.05, 4.69) is 15.5 Å². The molecule has 30 heavy (non-hydrogen) atoms. The Hall–Kier alpha value is -2.54. The first kappa shape index (κ1) is 20.7. The molecule has 0 radical (unpaired) electrons. The number of benzene rings is 1. The first-order chi connectivity index (χ1) is 14.7. The summed E-state index contributed by atoms with van der Waals surface area (Å²) in [6.45, 7) is 2.45. The molecule has 0 aliphatic heterocycles. The van der Waals surface area contributed by atoms with Crippen molar-refractivity contribution in [3.63, 3.8) is 0 Å². The molecule has 1 atom stereocenters. The maximum atomic E-state index is 12.8. The highest BCUT2D eigenvalue weighted by Gasteiger charge is 2.23. The first-order valence-electron chi connectivity index (χ1n) is 10.7. The van der Waals surface area contributed by atoms with Crippen molar-refractivity contribution in [3.8, 4) is 11.4 Å². The molecular weight excluding hydrogens is 396 g/mol. The number of hydrogen-bond donors (Lipinski definition) is 1. The monoisotopic (exact) mass is 424 g/mol. The minimum atomic E-state index is -0.253. The average molecular weight is 425 g/mol. The van der Waals surface area contributed by atoms with Crippen molar-refractivity contribution in [1.82, 2.24) is 20.1 Å². The van der Waals surface area contributed by atoms with Crippen LogP contribution in [0.1, 0.15) is 51.2 Å². The van der Waals surface area contributed by atoms with Gasteiger partial charge >= 0.3 is 0 Å². The number of hydrogen-bond acceptors (Lipinski definition) is 5. The van der Waals surface area contributed by atoms with Crippen LogP contribution in [0.2, 0.25) is 0 Å². The molecule has 158 valence electrons. The van der Waals surface area contributed by atoms with Gasteiger partial charge in [0.1, 0.15) is 5.76 Å². The van der Waals surface area contributed by atoms with Gasteiger partial charge in [-0.05, 0) is 31.9 Å². The topological polar surface area (TPSA) is 73.0 Å². The number of amides is 1. The second-order valence-corrected chi connectivity index (χ2v) is 9.10. The van der Waals surface area contributed by atoms with Crippen LogP contribution in [0.15, 0.2) is 58.3 Å². The van der Waals surface area contributed by atoms with E-state index in [0.717, 1.165) is 30.0 Å². The quantitative estimate of drug-likeness (QED) is 0.431. The lowest BCUT2D eigenvalue weighted by Gasteiger charge is -2.19. The van der Waals surface area contributed by atoms with Gasteiger partial charge in [0.05, 0.1) is 18.1 Å². The molecule has 1 aliphatic rings. The van der Waals surface area contributed by atoms with Crippen molar-refractivity contribution in [2.45, 2.75) is 68.4 Å². The highest BCUT2D eigenvalue weighted by Crippen LogP contribution is 2.28. The molecule has 7 heteroatoms. The molecule has 4 rings (SSSR count). The third kappa shape index (κ3) is 5.14. The lowest BCUT2D eigenvalue weighted by Crippen LogP contribution is -2.39. The van der Waals surface area contributed by atoms with Crippen LogP contribution in [0.5, 0.6) is 0 Å². The van der Waals surface area contributed by atoms with E-state index in [9.17, 15) is 4.79 Å². The molecule has 6 nitrogen and oxygen atoms in total. The molecule has 3 aromatic rings. The number of thioether (sulfide) groups is 1. The van der Waals surface area contributed by atoms with Crippen LogP contribution in [0.3, 0.4) is 0 Å². The van der Waals surface area contributed by atoms with Gasteiger partial charge in [-0.15, -0.1) is 10.2 Å². The third-order valence-electron chi connectivity index (χ3n) is 5.50. The zero-order valence-corrected chi connectivity index (χ0v) is 18.1. The molecule has 1 aromatic carbocycles. The molecule has 0 unspecified atom stereocenters. The Bertz CT molecular complexity index is 932. The van der Waals surface area contributed by atoms with Gasteiger partial charge in [0, 0.05) is 11.6 Å². The first-order valence-corrected chi connectivity index (χ1v) is 11.6. The van der Waals surface area contributed by atoms with E-state index in [1.54, 1.807) is 6.26 Å². The molecule has 2 heterocycles. The molecular formula is C23H28N4O2S. The Labute approximate surface area is 181 Å². The van der Waals surface area contributed by atoms with Gasteiger partial charge in [-0.1, -0.05) is 67.8 Å². The van der Waals surface area contributed by atoms with Crippen LogP contribution < -0.4 is 5.32 Å². The van der Waals surface area contributed by atoms with Gasteiger partial charge in [-0.2, -0.15) is 0 Å². The summed E-state index contributed by atoms with van der Waals surface area (Å²) < 4.78 is 7.57. The predicted octanol–water partition coefficient (Wildman–Crippen LogP) is 4.91. The summed E-state index contributed by atoms with van der Waals surface area (Å²) in [5, 5.41) is 12.5. The summed E-state index contributed by atoms with van der Waals surface area (Å²) in [4.78, 5) is 12.8. The highest BCUT2D eigenvalue weighted by molar-refractivity contribution is 8.00. The SMILES string of the molecule is C[C@@H](Sc1nnc(-c2ccccc2)n1Cc1ccco1)C(=O)NC1CCCCCC1. The standard InChI is InChI=1S/C23H28N4O2S/c1-17(22(28)24-19-12-7-2-3-8-13-19)30-23-26-25-21(18-10-5-4-6-11-18)27(23)16-20-14-9-15-29-20/h4-6,9-11,14-15,17,19H,2-3,7-8,12-13,16H2,1H3,(H,24,28)/t17-/m1/s1. The summed E-state index contributed by atoms with van der Waals surface area (Å²) in [5.74, 6) is 1.66. The molecule has 1 amide bonds. The maximum Gasteiger partial charge on any atom is 0.233 e. The van der Waals surface area contributed by atoms with Crippen molar-refractivity contribution < 1.29 is 9.21 Å². The Balaban J connectivity index is 1.51. The summed E-state index contributed by atoms with van der Waals surface area (Å²) in [6.07, 6.45) is 8.77. The van der Waals surface area contributed by atoms with Crippen molar-refractivity contribution in [2.75, 3.05) is 0 Å². The number of rotatable bonds is 7. The van der Waals surface area contributed by atoms with Crippen molar-refractivity contribution in [2.24, 2.45) is 0 Å². The lowest BCUT2D eigenvalue weighted by atomic mass is 10.1. The van der Waals surface area contributed by atoms with Crippen molar-refractivity contribution in [1.29, 1.82) is 0 Å². The number of carbonyl (C=O) groups excluding carboxylic acids is 1. The van der Waals surface area contributed by atoms with E-state index in [4.69, 9.17) is 4.42 Å². The molecule has 0 bridgehead atoms. The summed E-state index contributed by atoms with van der Waals surface area (Å²) in [6, 6.07) is 14.1. The van der Waals surface area contributed by atoms with E-state index in [1.165, 1.54) is 37.4 Å². The normalized spacial score (nSPS) is 16.2. The van der Waals surface area contributed by atoms with E-state index in [-0.39, 0.29) is 11.2 Å². The Morgan fingerprint density at radius 1 is 1.13 bits per heavy atom. The number of carbonyl (C=O) groups is 1. The second-order valence-electron chi connectivity index (χ2n) is 7.79. The van der Waals surface area contributed by atoms with Crippen molar-refractivity contribution >= 4 is 17.7 Å². The predicted molar refractivity (Wildman–Crippen MR) is 118 cm³/mol. The van der Waals surface area contributed by atoms with Crippen LogP contribution in [-0.2, 0) is 11.3 Å². The number of nitrogens with zero attached hydrogens (tertiary/aromatic N) is 3. The smallest absolute Gasteiger partial charge is 0.233 e. The number of aromatic nitrogens is 3. The zero-order valence-electron chi connectivity index (χ0n) is 17.3. The largest absolute Gasteiger partial charge is 0.467 e. The minimum absolute atomic E-state index is 0.0701.